The Morgan fingerprint density at radius 3 is 2.32 bits per heavy atom. The lowest BCUT2D eigenvalue weighted by Gasteiger charge is -2.25. The molecule has 1 fully saturated rings. The SMILES string of the molecule is CCOC(=O)NCCNC(=O)CCc1ccc(S(=O)(=O)N2CCCCC2)cc1. The van der Waals surface area contributed by atoms with Gasteiger partial charge < -0.3 is 15.4 Å². The van der Waals surface area contributed by atoms with Crippen molar-refractivity contribution in [3.8, 4) is 0 Å². The molecule has 2 N–H and O–H groups in total. The van der Waals surface area contributed by atoms with Crippen LogP contribution >= 0.6 is 0 Å². The van der Waals surface area contributed by atoms with Gasteiger partial charge in [-0.05, 0) is 43.9 Å². The van der Waals surface area contributed by atoms with Gasteiger partial charge >= 0.3 is 6.09 Å². The molecule has 0 atom stereocenters. The number of piperidine rings is 1. The monoisotopic (exact) mass is 411 g/mol. The van der Waals surface area contributed by atoms with Crippen molar-refractivity contribution in [3.63, 3.8) is 0 Å². The van der Waals surface area contributed by atoms with E-state index in [9.17, 15) is 18.0 Å². The summed E-state index contributed by atoms with van der Waals surface area (Å²) in [4.78, 5) is 23.3. The van der Waals surface area contributed by atoms with Gasteiger partial charge in [0.05, 0.1) is 11.5 Å². The molecule has 1 saturated heterocycles. The maximum Gasteiger partial charge on any atom is 0.407 e. The molecule has 2 rings (SSSR count). The molecule has 0 bridgehead atoms. The summed E-state index contributed by atoms with van der Waals surface area (Å²) in [5, 5.41) is 5.24. The number of alkyl carbamates (subject to hydrolysis) is 1. The third-order valence-corrected chi connectivity index (χ3v) is 6.42. The molecule has 8 nitrogen and oxygen atoms in total. The van der Waals surface area contributed by atoms with Crippen LogP contribution in [0.2, 0.25) is 0 Å². The highest BCUT2D eigenvalue weighted by Crippen LogP contribution is 2.21. The molecule has 1 aromatic rings. The van der Waals surface area contributed by atoms with Gasteiger partial charge in [0.2, 0.25) is 15.9 Å². The van der Waals surface area contributed by atoms with E-state index in [1.807, 2.05) is 0 Å². The van der Waals surface area contributed by atoms with Crippen LogP contribution in [0.4, 0.5) is 4.79 Å². The van der Waals surface area contributed by atoms with E-state index in [-0.39, 0.29) is 12.3 Å². The number of hydrogen-bond donors (Lipinski definition) is 2. The Hall–Kier alpha value is -2.13. The van der Waals surface area contributed by atoms with Crippen molar-refractivity contribution in [2.45, 2.75) is 43.9 Å². The average molecular weight is 412 g/mol. The van der Waals surface area contributed by atoms with Gasteiger partial charge in [0, 0.05) is 32.6 Å². The van der Waals surface area contributed by atoms with Gasteiger partial charge in [0.25, 0.3) is 0 Å². The van der Waals surface area contributed by atoms with E-state index >= 15 is 0 Å². The zero-order chi connectivity index (χ0) is 20.4. The summed E-state index contributed by atoms with van der Waals surface area (Å²) in [6.07, 6.45) is 3.19. The minimum Gasteiger partial charge on any atom is -0.450 e. The molecule has 0 spiro atoms. The lowest BCUT2D eigenvalue weighted by Crippen LogP contribution is -2.35. The van der Waals surface area contributed by atoms with Crippen LogP contribution in [-0.2, 0) is 26.0 Å². The molecular formula is C19H29N3O5S. The molecule has 9 heteroatoms. The summed E-state index contributed by atoms with van der Waals surface area (Å²) in [5.74, 6) is -0.129. The number of amides is 2. The number of nitrogens with one attached hydrogen (secondary N) is 2. The molecule has 1 aromatic carbocycles. The zero-order valence-electron chi connectivity index (χ0n) is 16.3. The molecule has 0 aliphatic carbocycles. The highest BCUT2D eigenvalue weighted by molar-refractivity contribution is 7.89. The molecule has 1 aliphatic rings. The first kappa shape index (κ1) is 22.2. The number of nitrogens with zero attached hydrogens (tertiary/aromatic N) is 1. The molecule has 1 aliphatic heterocycles. The van der Waals surface area contributed by atoms with E-state index in [1.165, 1.54) is 0 Å². The highest BCUT2D eigenvalue weighted by Gasteiger charge is 2.25. The fraction of sp³-hybridized carbons (Fsp3) is 0.579. The van der Waals surface area contributed by atoms with Crippen molar-refractivity contribution in [3.05, 3.63) is 29.8 Å². The van der Waals surface area contributed by atoms with Gasteiger partial charge in [-0.3, -0.25) is 4.79 Å². The Labute approximate surface area is 166 Å². The second kappa shape index (κ2) is 11.0. The molecule has 0 radical (unpaired) electrons. The quantitative estimate of drug-likeness (QED) is 0.601. The number of carbonyl (C=O) groups is 2. The Bertz CT molecular complexity index is 743. The number of sulfonamides is 1. The number of carbonyl (C=O) groups excluding carboxylic acids is 2. The number of ether oxygens (including phenoxy) is 1. The van der Waals surface area contributed by atoms with Crippen molar-refractivity contribution >= 4 is 22.0 Å². The fourth-order valence-electron chi connectivity index (χ4n) is 2.98. The smallest absolute Gasteiger partial charge is 0.407 e. The summed E-state index contributed by atoms with van der Waals surface area (Å²) in [7, 11) is -3.43. The van der Waals surface area contributed by atoms with Crippen LogP contribution in [0.15, 0.2) is 29.2 Å². The lowest BCUT2D eigenvalue weighted by molar-refractivity contribution is -0.121. The minimum absolute atomic E-state index is 0.129. The van der Waals surface area contributed by atoms with E-state index in [2.05, 4.69) is 10.6 Å². The molecule has 0 unspecified atom stereocenters. The van der Waals surface area contributed by atoms with E-state index in [0.717, 1.165) is 24.8 Å². The van der Waals surface area contributed by atoms with Crippen LogP contribution in [0.5, 0.6) is 0 Å². The second-order valence-corrected chi connectivity index (χ2v) is 8.54. The normalized spacial score (nSPS) is 15.0. The average Bonchev–Trinajstić information content (AvgIpc) is 2.71. The van der Waals surface area contributed by atoms with Crippen LogP contribution in [0.25, 0.3) is 0 Å². The van der Waals surface area contributed by atoms with E-state index < -0.39 is 16.1 Å². The Balaban J connectivity index is 1.75. The van der Waals surface area contributed by atoms with E-state index in [4.69, 9.17) is 4.74 Å². The van der Waals surface area contributed by atoms with Gasteiger partial charge in [0.15, 0.2) is 0 Å². The van der Waals surface area contributed by atoms with Crippen molar-refractivity contribution in [1.82, 2.24) is 14.9 Å². The summed E-state index contributed by atoms with van der Waals surface area (Å²) in [6, 6.07) is 6.74. The minimum atomic E-state index is -3.43. The first-order valence-corrected chi connectivity index (χ1v) is 11.1. The highest BCUT2D eigenvalue weighted by atomic mass is 32.2. The largest absolute Gasteiger partial charge is 0.450 e. The molecule has 28 heavy (non-hydrogen) atoms. The lowest BCUT2D eigenvalue weighted by atomic mass is 10.1. The fourth-order valence-corrected chi connectivity index (χ4v) is 4.49. The third-order valence-electron chi connectivity index (χ3n) is 4.51. The Kier molecular flexibility index (Phi) is 8.72. The first-order valence-electron chi connectivity index (χ1n) is 9.70. The number of benzene rings is 1. The van der Waals surface area contributed by atoms with Crippen molar-refractivity contribution in [2.75, 3.05) is 32.8 Å². The van der Waals surface area contributed by atoms with Crippen LogP contribution < -0.4 is 10.6 Å². The summed E-state index contributed by atoms with van der Waals surface area (Å²) < 4.78 is 31.5. The molecule has 1 heterocycles. The predicted molar refractivity (Wildman–Crippen MR) is 105 cm³/mol. The standard InChI is InChI=1S/C19H29N3O5S/c1-2-27-19(24)21-13-12-20-18(23)11-8-16-6-9-17(10-7-16)28(25,26)22-14-4-3-5-15-22/h6-7,9-10H,2-5,8,11-15H2,1H3,(H,20,23)(H,21,24). The Morgan fingerprint density at radius 1 is 1.04 bits per heavy atom. The number of hydrogen-bond acceptors (Lipinski definition) is 5. The second-order valence-electron chi connectivity index (χ2n) is 6.61. The van der Waals surface area contributed by atoms with Crippen LogP contribution in [0.1, 0.15) is 38.2 Å². The maximum atomic E-state index is 12.6. The summed E-state index contributed by atoms with van der Waals surface area (Å²) >= 11 is 0. The Morgan fingerprint density at radius 2 is 1.68 bits per heavy atom. The molecule has 0 saturated carbocycles. The van der Waals surface area contributed by atoms with E-state index in [1.54, 1.807) is 35.5 Å². The van der Waals surface area contributed by atoms with Crippen LogP contribution in [-0.4, -0.2) is 57.5 Å². The van der Waals surface area contributed by atoms with Crippen LogP contribution in [0, 0.1) is 0 Å². The zero-order valence-corrected chi connectivity index (χ0v) is 17.1. The first-order chi connectivity index (χ1) is 13.4. The van der Waals surface area contributed by atoms with Gasteiger partial charge in [-0.2, -0.15) is 4.31 Å². The predicted octanol–water partition coefficient (Wildman–Crippen LogP) is 1.66. The summed E-state index contributed by atoms with van der Waals surface area (Å²) in [6.45, 7) is 3.80. The topological polar surface area (TPSA) is 105 Å². The van der Waals surface area contributed by atoms with Crippen molar-refractivity contribution in [2.24, 2.45) is 0 Å². The van der Waals surface area contributed by atoms with Gasteiger partial charge in [0.1, 0.15) is 0 Å². The van der Waals surface area contributed by atoms with Gasteiger partial charge in [-0.1, -0.05) is 18.6 Å². The van der Waals surface area contributed by atoms with E-state index in [0.29, 0.717) is 44.1 Å². The third kappa shape index (κ3) is 6.79. The number of rotatable bonds is 9. The molecular weight excluding hydrogens is 382 g/mol. The molecule has 0 aromatic heterocycles. The van der Waals surface area contributed by atoms with Gasteiger partial charge in [-0.25, -0.2) is 13.2 Å². The van der Waals surface area contributed by atoms with Crippen molar-refractivity contribution < 1.29 is 22.7 Å². The summed E-state index contributed by atoms with van der Waals surface area (Å²) in [5.41, 5.74) is 0.900. The maximum absolute atomic E-state index is 12.6. The molecule has 156 valence electrons. The molecule has 2 amide bonds. The van der Waals surface area contributed by atoms with Crippen LogP contribution in [0.3, 0.4) is 0 Å². The van der Waals surface area contributed by atoms with Crippen molar-refractivity contribution in [1.29, 1.82) is 0 Å². The van der Waals surface area contributed by atoms with Gasteiger partial charge in [-0.15, -0.1) is 0 Å². The number of aryl methyl sites for hydroxylation is 1.